The van der Waals surface area contributed by atoms with E-state index in [1.807, 2.05) is 48.5 Å². The predicted octanol–water partition coefficient (Wildman–Crippen LogP) is 6.46. The van der Waals surface area contributed by atoms with Crippen LogP contribution in [0.4, 0.5) is 17.1 Å². The summed E-state index contributed by atoms with van der Waals surface area (Å²) >= 11 is 12.3. The first-order chi connectivity index (χ1) is 10.2. The molecule has 0 radical (unpaired) electrons. The van der Waals surface area contributed by atoms with Crippen LogP contribution in [-0.4, -0.2) is 0 Å². The molecular weight excluding hydrogens is 301 g/mol. The molecule has 0 spiro atoms. The monoisotopic (exact) mass is 313 g/mol. The van der Waals surface area contributed by atoms with Crippen molar-refractivity contribution < 1.29 is 0 Å². The topological polar surface area (TPSA) is 3.24 Å². The molecular formula is C18H13Cl2N. The minimum atomic E-state index is 0.620. The molecule has 1 nitrogen and oxygen atoms in total. The molecule has 0 aliphatic carbocycles. The van der Waals surface area contributed by atoms with E-state index in [0.717, 1.165) is 17.1 Å². The van der Waals surface area contributed by atoms with Gasteiger partial charge in [-0.2, -0.15) is 0 Å². The molecule has 0 aromatic heterocycles. The van der Waals surface area contributed by atoms with Crippen molar-refractivity contribution in [1.29, 1.82) is 0 Å². The van der Waals surface area contributed by atoms with Gasteiger partial charge in [0, 0.05) is 27.1 Å². The van der Waals surface area contributed by atoms with Crippen molar-refractivity contribution in [3.05, 3.63) is 88.9 Å². The van der Waals surface area contributed by atoms with Crippen molar-refractivity contribution in [3.63, 3.8) is 0 Å². The van der Waals surface area contributed by atoms with Crippen LogP contribution < -0.4 is 4.90 Å². The van der Waals surface area contributed by atoms with E-state index in [-0.39, 0.29) is 0 Å². The van der Waals surface area contributed by atoms with Crippen molar-refractivity contribution >= 4 is 40.3 Å². The van der Waals surface area contributed by atoms with Gasteiger partial charge in [0.15, 0.2) is 0 Å². The molecule has 3 heteroatoms. The number of benzene rings is 3. The molecule has 0 saturated carbocycles. The first kappa shape index (κ1) is 14.0. The van der Waals surface area contributed by atoms with E-state index >= 15 is 0 Å². The molecule has 0 fully saturated rings. The SMILES string of the molecule is Clc1cc(Cl)cc(N(c2ccccc2)c2ccccc2)c1. The molecule has 0 aliphatic rings. The maximum absolute atomic E-state index is 6.16. The Hall–Kier alpha value is -1.96. The Kier molecular flexibility index (Phi) is 4.14. The van der Waals surface area contributed by atoms with Gasteiger partial charge in [-0.05, 0) is 42.5 Å². The quantitative estimate of drug-likeness (QED) is 0.536. The van der Waals surface area contributed by atoms with E-state index in [1.54, 1.807) is 6.07 Å². The molecule has 3 aromatic carbocycles. The van der Waals surface area contributed by atoms with Crippen LogP contribution in [0.5, 0.6) is 0 Å². The summed E-state index contributed by atoms with van der Waals surface area (Å²) in [7, 11) is 0. The Morgan fingerprint density at radius 1 is 0.524 bits per heavy atom. The van der Waals surface area contributed by atoms with Gasteiger partial charge in [0.05, 0.1) is 0 Å². The molecule has 0 N–H and O–H groups in total. The van der Waals surface area contributed by atoms with Gasteiger partial charge >= 0.3 is 0 Å². The summed E-state index contributed by atoms with van der Waals surface area (Å²) < 4.78 is 0. The smallest absolute Gasteiger partial charge is 0.0491 e. The lowest BCUT2D eigenvalue weighted by Crippen LogP contribution is -2.09. The summed E-state index contributed by atoms with van der Waals surface area (Å²) in [5.41, 5.74) is 3.05. The first-order valence-electron chi connectivity index (χ1n) is 6.60. The third kappa shape index (κ3) is 3.21. The number of anilines is 3. The fraction of sp³-hybridized carbons (Fsp3) is 0. The second-order valence-corrected chi connectivity index (χ2v) is 5.51. The zero-order chi connectivity index (χ0) is 14.7. The Balaban J connectivity index is 2.17. The number of halogens is 2. The normalized spacial score (nSPS) is 10.4. The predicted molar refractivity (Wildman–Crippen MR) is 91.1 cm³/mol. The van der Waals surface area contributed by atoms with Crippen LogP contribution in [0.3, 0.4) is 0 Å². The van der Waals surface area contributed by atoms with E-state index < -0.39 is 0 Å². The lowest BCUT2D eigenvalue weighted by Gasteiger charge is -2.25. The van der Waals surface area contributed by atoms with Crippen molar-refractivity contribution in [2.24, 2.45) is 0 Å². The average molecular weight is 314 g/mol. The molecule has 0 aliphatic heterocycles. The van der Waals surface area contributed by atoms with Gasteiger partial charge in [0.25, 0.3) is 0 Å². The molecule has 3 aromatic rings. The summed E-state index contributed by atoms with van der Waals surface area (Å²) in [5, 5.41) is 1.24. The lowest BCUT2D eigenvalue weighted by molar-refractivity contribution is 1.28. The van der Waals surface area contributed by atoms with E-state index in [2.05, 4.69) is 29.2 Å². The maximum atomic E-state index is 6.16. The highest BCUT2D eigenvalue weighted by Crippen LogP contribution is 2.36. The molecule has 0 amide bonds. The third-order valence-corrected chi connectivity index (χ3v) is 3.57. The summed E-state index contributed by atoms with van der Waals surface area (Å²) in [4.78, 5) is 2.12. The van der Waals surface area contributed by atoms with Gasteiger partial charge < -0.3 is 4.90 Å². The fourth-order valence-corrected chi connectivity index (χ4v) is 2.78. The summed E-state index contributed by atoms with van der Waals surface area (Å²) in [6.45, 7) is 0. The largest absolute Gasteiger partial charge is 0.310 e. The van der Waals surface area contributed by atoms with Crippen LogP contribution in [-0.2, 0) is 0 Å². The average Bonchev–Trinajstić information content (AvgIpc) is 2.49. The van der Waals surface area contributed by atoms with Crippen LogP contribution >= 0.6 is 23.2 Å². The van der Waals surface area contributed by atoms with Gasteiger partial charge in [0.1, 0.15) is 0 Å². The second kappa shape index (κ2) is 6.21. The van der Waals surface area contributed by atoms with Gasteiger partial charge in [0.2, 0.25) is 0 Å². The number of nitrogens with zero attached hydrogens (tertiary/aromatic N) is 1. The molecule has 21 heavy (non-hydrogen) atoms. The molecule has 3 rings (SSSR count). The van der Waals surface area contributed by atoms with Gasteiger partial charge in [-0.3, -0.25) is 0 Å². The van der Waals surface area contributed by atoms with Crippen LogP contribution in [0.1, 0.15) is 0 Å². The van der Waals surface area contributed by atoms with E-state index in [1.165, 1.54) is 0 Å². The van der Waals surface area contributed by atoms with Gasteiger partial charge in [-0.1, -0.05) is 59.6 Å². The first-order valence-corrected chi connectivity index (χ1v) is 7.36. The molecule has 0 bridgehead atoms. The maximum Gasteiger partial charge on any atom is 0.0491 e. The number of rotatable bonds is 3. The minimum absolute atomic E-state index is 0.620. The Bertz CT molecular complexity index is 667. The summed E-state index contributed by atoms with van der Waals surface area (Å²) in [6.07, 6.45) is 0. The molecule has 104 valence electrons. The zero-order valence-corrected chi connectivity index (χ0v) is 12.7. The highest BCUT2D eigenvalue weighted by Gasteiger charge is 2.12. The molecule has 0 heterocycles. The van der Waals surface area contributed by atoms with Gasteiger partial charge in [-0.15, -0.1) is 0 Å². The zero-order valence-electron chi connectivity index (χ0n) is 11.2. The minimum Gasteiger partial charge on any atom is -0.310 e. The van der Waals surface area contributed by atoms with Crippen molar-refractivity contribution in [2.75, 3.05) is 4.90 Å². The molecule has 0 atom stereocenters. The van der Waals surface area contributed by atoms with Crippen LogP contribution in [0.25, 0.3) is 0 Å². The molecule has 0 saturated heterocycles. The Labute approximate surface area is 134 Å². The van der Waals surface area contributed by atoms with E-state index in [4.69, 9.17) is 23.2 Å². The Morgan fingerprint density at radius 2 is 0.952 bits per heavy atom. The van der Waals surface area contributed by atoms with Crippen molar-refractivity contribution in [2.45, 2.75) is 0 Å². The van der Waals surface area contributed by atoms with E-state index in [0.29, 0.717) is 10.0 Å². The van der Waals surface area contributed by atoms with Crippen LogP contribution in [0.2, 0.25) is 10.0 Å². The number of hydrogen-bond donors (Lipinski definition) is 0. The van der Waals surface area contributed by atoms with Crippen LogP contribution in [0.15, 0.2) is 78.9 Å². The van der Waals surface area contributed by atoms with Gasteiger partial charge in [-0.25, -0.2) is 0 Å². The van der Waals surface area contributed by atoms with Crippen molar-refractivity contribution in [1.82, 2.24) is 0 Å². The van der Waals surface area contributed by atoms with Crippen molar-refractivity contribution in [3.8, 4) is 0 Å². The Morgan fingerprint density at radius 3 is 1.38 bits per heavy atom. The highest BCUT2D eigenvalue weighted by atomic mass is 35.5. The highest BCUT2D eigenvalue weighted by molar-refractivity contribution is 6.35. The third-order valence-electron chi connectivity index (χ3n) is 3.13. The summed E-state index contributed by atoms with van der Waals surface area (Å²) in [6, 6.07) is 25.8. The number of para-hydroxylation sites is 2. The summed E-state index contributed by atoms with van der Waals surface area (Å²) in [5.74, 6) is 0. The fourth-order valence-electron chi connectivity index (χ4n) is 2.27. The van der Waals surface area contributed by atoms with E-state index in [9.17, 15) is 0 Å². The number of hydrogen-bond acceptors (Lipinski definition) is 1. The lowest BCUT2D eigenvalue weighted by atomic mass is 10.2. The van der Waals surface area contributed by atoms with Crippen LogP contribution in [0, 0.1) is 0 Å². The molecule has 0 unspecified atom stereocenters. The second-order valence-electron chi connectivity index (χ2n) is 4.63. The standard InChI is InChI=1S/C18H13Cl2N/c19-14-11-15(20)13-18(12-14)21(16-7-3-1-4-8-16)17-9-5-2-6-10-17/h1-13H.